The first-order valence-corrected chi connectivity index (χ1v) is 7.06. The second kappa shape index (κ2) is 6.52. The maximum atomic E-state index is 5.41. The zero-order valence-corrected chi connectivity index (χ0v) is 11.3. The van der Waals surface area contributed by atoms with Crippen molar-refractivity contribution in [1.29, 1.82) is 0 Å². The Bertz CT molecular complexity index is 347. The molecule has 2 fully saturated rings. The van der Waals surface area contributed by atoms with Crippen LogP contribution in [0.15, 0.2) is 16.9 Å². The van der Waals surface area contributed by atoms with Gasteiger partial charge in [-0.25, -0.2) is 0 Å². The lowest BCUT2D eigenvalue weighted by molar-refractivity contribution is 0.0310. The van der Waals surface area contributed by atoms with E-state index in [1.165, 1.54) is 11.1 Å². The minimum absolute atomic E-state index is 0.844. The van der Waals surface area contributed by atoms with Gasteiger partial charge in [-0.1, -0.05) is 0 Å². The van der Waals surface area contributed by atoms with Crippen LogP contribution in [0.2, 0.25) is 0 Å². The van der Waals surface area contributed by atoms with E-state index in [4.69, 9.17) is 13.9 Å². The van der Waals surface area contributed by atoms with Crippen LogP contribution in [0.25, 0.3) is 0 Å². The molecule has 0 spiro atoms. The van der Waals surface area contributed by atoms with Crippen molar-refractivity contribution in [1.82, 2.24) is 9.80 Å². The highest BCUT2D eigenvalue weighted by atomic mass is 16.5. The smallest absolute Gasteiger partial charge is 0.0951 e. The Hall–Kier alpha value is -0.880. The van der Waals surface area contributed by atoms with Gasteiger partial charge in [-0.2, -0.15) is 0 Å². The number of rotatable bonds is 4. The maximum absolute atomic E-state index is 5.41. The number of nitrogens with zero attached hydrogens (tertiary/aromatic N) is 2. The Balaban J connectivity index is 1.57. The summed E-state index contributed by atoms with van der Waals surface area (Å²) < 4.78 is 16.2. The van der Waals surface area contributed by atoms with E-state index in [0.29, 0.717) is 0 Å². The highest BCUT2D eigenvalue weighted by molar-refractivity contribution is 5.21. The molecule has 0 aromatic carbocycles. The molecule has 0 bridgehead atoms. The van der Waals surface area contributed by atoms with E-state index in [2.05, 4.69) is 9.80 Å². The number of hydrogen-bond acceptors (Lipinski definition) is 5. The lowest BCUT2D eigenvalue weighted by Crippen LogP contribution is -2.37. The summed E-state index contributed by atoms with van der Waals surface area (Å²) >= 11 is 0. The average Bonchev–Trinajstić information content (AvgIpc) is 2.88. The Morgan fingerprint density at radius 1 is 0.737 bits per heavy atom. The van der Waals surface area contributed by atoms with E-state index in [1.54, 1.807) is 0 Å². The molecule has 3 rings (SSSR count). The predicted octanol–water partition coefficient (Wildman–Crippen LogP) is 0.944. The Morgan fingerprint density at radius 2 is 1.16 bits per heavy atom. The van der Waals surface area contributed by atoms with Crippen molar-refractivity contribution in [2.24, 2.45) is 0 Å². The van der Waals surface area contributed by atoms with E-state index >= 15 is 0 Å². The SMILES string of the molecule is c1occ(CN2CCOCC2)c1CN1CCOCC1. The van der Waals surface area contributed by atoms with Crippen LogP contribution in [-0.2, 0) is 22.6 Å². The summed E-state index contributed by atoms with van der Waals surface area (Å²) in [5.74, 6) is 0. The number of hydrogen-bond donors (Lipinski definition) is 0. The summed E-state index contributed by atoms with van der Waals surface area (Å²) in [6, 6.07) is 0. The summed E-state index contributed by atoms with van der Waals surface area (Å²) in [4.78, 5) is 4.86. The van der Waals surface area contributed by atoms with Gasteiger partial charge >= 0.3 is 0 Å². The Morgan fingerprint density at radius 3 is 1.58 bits per heavy atom. The first-order valence-electron chi connectivity index (χ1n) is 7.06. The molecule has 5 nitrogen and oxygen atoms in total. The topological polar surface area (TPSA) is 38.1 Å². The predicted molar refractivity (Wildman–Crippen MR) is 70.9 cm³/mol. The molecule has 3 heterocycles. The van der Waals surface area contributed by atoms with Crippen molar-refractivity contribution in [2.45, 2.75) is 13.1 Å². The summed E-state index contributed by atoms with van der Waals surface area (Å²) in [6.07, 6.45) is 3.79. The Labute approximate surface area is 114 Å². The van der Waals surface area contributed by atoms with Crippen LogP contribution >= 0.6 is 0 Å². The quantitative estimate of drug-likeness (QED) is 0.811. The van der Waals surface area contributed by atoms with Crippen LogP contribution in [0, 0.1) is 0 Å². The van der Waals surface area contributed by atoms with Crippen LogP contribution in [0.5, 0.6) is 0 Å². The second-order valence-corrected chi connectivity index (χ2v) is 5.20. The fraction of sp³-hybridized carbons (Fsp3) is 0.714. The number of furan rings is 1. The maximum Gasteiger partial charge on any atom is 0.0951 e. The third-order valence-electron chi connectivity index (χ3n) is 3.83. The largest absolute Gasteiger partial charge is 0.472 e. The highest BCUT2D eigenvalue weighted by Crippen LogP contribution is 2.17. The average molecular weight is 266 g/mol. The van der Waals surface area contributed by atoms with Crippen molar-refractivity contribution < 1.29 is 13.9 Å². The Kier molecular flexibility index (Phi) is 4.50. The summed E-state index contributed by atoms with van der Waals surface area (Å²) in [6.45, 7) is 9.38. The molecule has 1 aromatic heterocycles. The van der Waals surface area contributed by atoms with Gasteiger partial charge in [-0.3, -0.25) is 9.80 Å². The van der Waals surface area contributed by atoms with Crippen LogP contribution in [0.4, 0.5) is 0 Å². The van der Waals surface area contributed by atoms with Gasteiger partial charge in [0.1, 0.15) is 0 Å². The molecule has 5 heteroatoms. The zero-order valence-electron chi connectivity index (χ0n) is 11.3. The van der Waals surface area contributed by atoms with Crippen molar-refractivity contribution in [3.05, 3.63) is 23.7 Å². The molecular formula is C14H22N2O3. The molecule has 2 saturated heterocycles. The number of ether oxygens (including phenoxy) is 2. The van der Waals surface area contributed by atoms with Crippen LogP contribution < -0.4 is 0 Å². The summed E-state index contributed by atoms with van der Waals surface area (Å²) in [5.41, 5.74) is 2.63. The van der Waals surface area contributed by atoms with E-state index in [0.717, 1.165) is 65.7 Å². The van der Waals surface area contributed by atoms with Crippen molar-refractivity contribution in [2.75, 3.05) is 52.6 Å². The molecular weight excluding hydrogens is 244 g/mol. The summed E-state index contributed by atoms with van der Waals surface area (Å²) in [7, 11) is 0. The third kappa shape index (κ3) is 3.57. The molecule has 0 radical (unpaired) electrons. The van der Waals surface area contributed by atoms with Gasteiger partial charge < -0.3 is 13.9 Å². The molecule has 19 heavy (non-hydrogen) atoms. The molecule has 2 aliphatic rings. The van der Waals surface area contributed by atoms with Gasteiger partial charge in [0.25, 0.3) is 0 Å². The van der Waals surface area contributed by atoms with Crippen molar-refractivity contribution in [3.63, 3.8) is 0 Å². The van der Waals surface area contributed by atoms with E-state index < -0.39 is 0 Å². The van der Waals surface area contributed by atoms with Crippen LogP contribution in [0.1, 0.15) is 11.1 Å². The lowest BCUT2D eigenvalue weighted by Gasteiger charge is -2.28. The van der Waals surface area contributed by atoms with Gasteiger partial charge in [0.15, 0.2) is 0 Å². The summed E-state index contributed by atoms with van der Waals surface area (Å²) in [5, 5.41) is 0. The highest BCUT2D eigenvalue weighted by Gasteiger charge is 2.17. The minimum atomic E-state index is 0.844. The molecule has 1 aromatic rings. The van der Waals surface area contributed by atoms with Gasteiger partial charge in [0.2, 0.25) is 0 Å². The van der Waals surface area contributed by atoms with Gasteiger partial charge in [0.05, 0.1) is 39.0 Å². The lowest BCUT2D eigenvalue weighted by atomic mass is 10.1. The fourth-order valence-electron chi connectivity index (χ4n) is 2.63. The molecule has 106 valence electrons. The zero-order chi connectivity index (χ0) is 12.9. The molecule has 0 atom stereocenters. The number of morpholine rings is 2. The van der Waals surface area contributed by atoms with E-state index in [-0.39, 0.29) is 0 Å². The molecule has 2 aliphatic heterocycles. The fourth-order valence-corrected chi connectivity index (χ4v) is 2.63. The van der Waals surface area contributed by atoms with E-state index in [9.17, 15) is 0 Å². The van der Waals surface area contributed by atoms with Gasteiger partial charge in [0, 0.05) is 50.4 Å². The monoisotopic (exact) mass is 266 g/mol. The first kappa shape index (κ1) is 13.1. The normalized spacial score (nSPS) is 22.7. The molecule has 0 amide bonds. The first-order chi connectivity index (χ1) is 9.42. The van der Waals surface area contributed by atoms with Crippen molar-refractivity contribution in [3.8, 4) is 0 Å². The van der Waals surface area contributed by atoms with Crippen molar-refractivity contribution >= 4 is 0 Å². The minimum Gasteiger partial charge on any atom is -0.472 e. The van der Waals surface area contributed by atoms with Gasteiger partial charge in [-0.15, -0.1) is 0 Å². The molecule has 0 N–H and O–H groups in total. The molecule has 0 saturated carbocycles. The standard InChI is InChI=1S/C14H22N2O3/c1-5-17-6-2-15(1)9-13-11-19-12-14(13)10-16-3-7-18-8-4-16/h11-12H,1-10H2. The van der Waals surface area contributed by atoms with Gasteiger partial charge in [-0.05, 0) is 0 Å². The van der Waals surface area contributed by atoms with Crippen LogP contribution in [-0.4, -0.2) is 62.4 Å². The molecule has 0 unspecified atom stereocenters. The molecule has 0 aliphatic carbocycles. The van der Waals surface area contributed by atoms with Crippen LogP contribution in [0.3, 0.4) is 0 Å². The van der Waals surface area contributed by atoms with E-state index in [1.807, 2.05) is 12.5 Å². The second-order valence-electron chi connectivity index (χ2n) is 5.20. The third-order valence-corrected chi connectivity index (χ3v) is 3.83.